The van der Waals surface area contributed by atoms with Gasteiger partial charge in [0.25, 0.3) is 0 Å². The fraction of sp³-hybridized carbons (Fsp3) is 0.217. The highest BCUT2D eigenvalue weighted by Crippen LogP contribution is 2.19. The van der Waals surface area contributed by atoms with E-state index in [2.05, 4.69) is 21.5 Å². The molecule has 0 spiro atoms. The van der Waals surface area contributed by atoms with Gasteiger partial charge in [0.05, 0.1) is 0 Å². The van der Waals surface area contributed by atoms with Gasteiger partial charge in [-0.25, -0.2) is 18.9 Å². The van der Waals surface area contributed by atoms with E-state index in [9.17, 15) is 9.59 Å². The fourth-order valence-electron chi connectivity index (χ4n) is 3.55. The Morgan fingerprint density at radius 3 is 2.39 bits per heavy atom. The lowest BCUT2D eigenvalue weighted by Crippen LogP contribution is -2.34. The third-order valence-electron chi connectivity index (χ3n) is 4.98. The smallest absolute Gasteiger partial charge is 0.325 e. The molecule has 4 rings (SSSR count). The Morgan fingerprint density at radius 2 is 1.71 bits per heavy atom. The second-order valence-corrected chi connectivity index (χ2v) is 7.64. The first-order valence-corrected chi connectivity index (χ1v) is 9.96. The van der Waals surface area contributed by atoms with Crippen molar-refractivity contribution in [2.75, 3.05) is 17.3 Å². The van der Waals surface area contributed by atoms with Crippen LogP contribution in [0.25, 0.3) is 5.65 Å². The molecular weight excluding hydrogens is 392 g/mol. The van der Waals surface area contributed by atoms with Gasteiger partial charge in [-0.15, -0.1) is 5.10 Å². The number of para-hydroxylation sites is 1. The average molecular weight is 416 g/mol. The van der Waals surface area contributed by atoms with Crippen molar-refractivity contribution in [1.29, 1.82) is 0 Å². The third-order valence-corrected chi connectivity index (χ3v) is 4.98. The van der Waals surface area contributed by atoms with E-state index in [4.69, 9.17) is 0 Å². The molecule has 158 valence electrons. The SMILES string of the molecule is Cc1cc(C)cc(Nc2nc(C)cc3nn(CC(=O)N(C)c4ccccc4)c(=O)n23)c1. The van der Waals surface area contributed by atoms with E-state index >= 15 is 0 Å². The van der Waals surface area contributed by atoms with Crippen molar-refractivity contribution >= 4 is 28.9 Å². The number of aromatic nitrogens is 4. The van der Waals surface area contributed by atoms with Crippen LogP contribution in [0.4, 0.5) is 17.3 Å². The molecule has 2 heterocycles. The predicted molar refractivity (Wildman–Crippen MR) is 121 cm³/mol. The zero-order valence-electron chi connectivity index (χ0n) is 18.0. The van der Waals surface area contributed by atoms with Crippen molar-refractivity contribution in [3.05, 3.63) is 81.9 Å². The molecular formula is C23H24N6O2. The Labute approximate surface area is 179 Å². The highest BCUT2D eigenvalue weighted by molar-refractivity contribution is 5.92. The Hall–Kier alpha value is -3.94. The van der Waals surface area contributed by atoms with Gasteiger partial charge in [0.1, 0.15) is 6.54 Å². The molecule has 2 aromatic heterocycles. The number of anilines is 3. The van der Waals surface area contributed by atoms with Gasteiger partial charge in [0.2, 0.25) is 11.9 Å². The van der Waals surface area contributed by atoms with Crippen molar-refractivity contribution in [1.82, 2.24) is 19.2 Å². The lowest BCUT2D eigenvalue weighted by molar-refractivity contribution is -0.119. The highest BCUT2D eigenvalue weighted by Gasteiger charge is 2.18. The maximum absolute atomic E-state index is 13.1. The topological polar surface area (TPSA) is 84.5 Å². The second-order valence-electron chi connectivity index (χ2n) is 7.64. The molecule has 0 aliphatic carbocycles. The molecule has 0 saturated carbocycles. The first-order valence-electron chi connectivity index (χ1n) is 9.96. The van der Waals surface area contributed by atoms with Crippen molar-refractivity contribution in [3.8, 4) is 0 Å². The molecule has 0 aliphatic heterocycles. The van der Waals surface area contributed by atoms with E-state index in [-0.39, 0.29) is 12.5 Å². The molecule has 0 fully saturated rings. The van der Waals surface area contributed by atoms with E-state index in [1.807, 2.05) is 63.2 Å². The predicted octanol–water partition coefficient (Wildman–Crippen LogP) is 3.22. The summed E-state index contributed by atoms with van der Waals surface area (Å²) in [6.07, 6.45) is 0. The first kappa shape index (κ1) is 20.3. The summed E-state index contributed by atoms with van der Waals surface area (Å²) in [4.78, 5) is 31.8. The van der Waals surface area contributed by atoms with Crippen LogP contribution in [0.2, 0.25) is 0 Å². The van der Waals surface area contributed by atoms with Gasteiger partial charge in [0.15, 0.2) is 5.65 Å². The number of nitrogens with zero attached hydrogens (tertiary/aromatic N) is 5. The summed E-state index contributed by atoms with van der Waals surface area (Å²) < 4.78 is 2.56. The van der Waals surface area contributed by atoms with Gasteiger partial charge in [-0.2, -0.15) is 0 Å². The molecule has 0 bridgehead atoms. The van der Waals surface area contributed by atoms with Crippen molar-refractivity contribution in [2.45, 2.75) is 27.3 Å². The maximum atomic E-state index is 13.1. The Kier molecular flexibility index (Phi) is 5.29. The van der Waals surface area contributed by atoms with Crippen LogP contribution in [0.5, 0.6) is 0 Å². The number of hydrogen-bond donors (Lipinski definition) is 1. The minimum Gasteiger partial charge on any atom is -0.325 e. The zero-order valence-corrected chi connectivity index (χ0v) is 18.0. The van der Waals surface area contributed by atoms with Crippen molar-refractivity contribution in [2.24, 2.45) is 0 Å². The van der Waals surface area contributed by atoms with Crippen molar-refractivity contribution < 1.29 is 4.79 Å². The first-order chi connectivity index (χ1) is 14.8. The van der Waals surface area contributed by atoms with E-state index < -0.39 is 5.69 Å². The molecule has 0 atom stereocenters. The summed E-state index contributed by atoms with van der Waals surface area (Å²) >= 11 is 0. The second kappa shape index (κ2) is 8.06. The molecule has 8 heteroatoms. The monoisotopic (exact) mass is 416 g/mol. The van der Waals surface area contributed by atoms with Crippen LogP contribution in [0.3, 0.4) is 0 Å². The number of carbonyl (C=O) groups excluding carboxylic acids is 1. The van der Waals surface area contributed by atoms with Crippen LogP contribution in [-0.4, -0.2) is 32.1 Å². The van der Waals surface area contributed by atoms with Gasteiger partial charge >= 0.3 is 5.69 Å². The summed E-state index contributed by atoms with van der Waals surface area (Å²) in [5.41, 5.74) is 4.50. The number of aryl methyl sites for hydroxylation is 3. The molecule has 0 unspecified atom stereocenters. The molecule has 1 amide bonds. The lowest BCUT2D eigenvalue weighted by atomic mass is 10.1. The van der Waals surface area contributed by atoms with Crippen molar-refractivity contribution in [3.63, 3.8) is 0 Å². The number of likely N-dealkylation sites (N-methyl/N-ethyl adjacent to an activating group) is 1. The average Bonchev–Trinajstić information content (AvgIpc) is 3.02. The minimum atomic E-state index is -0.427. The Balaban J connectivity index is 1.69. The van der Waals surface area contributed by atoms with Gasteiger partial charge in [-0.05, 0) is 56.2 Å². The van der Waals surface area contributed by atoms with Crippen LogP contribution in [-0.2, 0) is 11.3 Å². The molecule has 0 radical (unpaired) electrons. The van der Waals surface area contributed by atoms with E-state index in [1.54, 1.807) is 13.1 Å². The minimum absolute atomic E-state index is 0.173. The third kappa shape index (κ3) is 4.18. The Bertz CT molecular complexity index is 1300. The number of benzene rings is 2. The zero-order chi connectivity index (χ0) is 22.1. The van der Waals surface area contributed by atoms with Gasteiger partial charge in [-0.3, -0.25) is 4.79 Å². The molecule has 0 saturated heterocycles. The largest absolute Gasteiger partial charge is 0.353 e. The highest BCUT2D eigenvalue weighted by atomic mass is 16.2. The number of hydrogen-bond acceptors (Lipinski definition) is 5. The lowest BCUT2D eigenvalue weighted by Gasteiger charge is -2.16. The van der Waals surface area contributed by atoms with Crippen LogP contribution in [0, 0.1) is 20.8 Å². The number of carbonyl (C=O) groups is 1. The molecule has 0 aliphatic rings. The molecule has 2 aromatic carbocycles. The van der Waals surface area contributed by atoms with Crippen LogP contribution >= 0.6 is 0 Å². The number of fused-ring (bicyclic) bond motifs is 1. The standard InChI is InChI=1S/C23H24N6O2/c1-15-10-16(2)12-18(11-15)25-22-24-17(3)13-20-26-28(23(31)29(20)22)14-21(30)27(4)19-8-6-5-7-9-19/h5-13H,14H2,1-4H3,(H,24,25). The molecule has 8 nitrogen and oxygen atoms in total. The van der Waals surface area contributed by atoms with Crippen LogP contribution < -0.4 is 15.9 Å². The van der Waals surface area contributed by atoms with Gasteiger partial charge in [0, 0.05) is 30.2 Å². The van der Waals surface area contributed by atoms with Crippen LogP contribution in [0.1, 0.15) is 16.8 Å². The number of amides is 1. The Morgan fingerprint density at radius 1 is 1.03 bits per heavy atom. The summed E-state index contributed by atoms with van der Waals surface area (Å²) in [6.45, 7) is 5.69. The summed E-state index contributed by atoms with van der Waals surface area (Å²) in [6, 6.07) is 17.0. The van der Waals surface area contributed by atoms with Gasteiger partial charge in [-0.1, -0.05) is 24.3 Å². The summed E-state index contributed by atoms with van der Waals surface area (Å²) in [7, 11) is 1.68. The molecule has 31 heavy (non-hydrogen) atoms. The summed E-state index contributed by atoms with van der Waals surface area (Å²) in [5, 5.41) is 7.59. The number of rotatable bonds is 5. The van der Waals surface area contributed by atoms with E-state index in [0.29, 0.717) is 17.3 Å². The molecule has 1 N–H and O–H groups in total. The van der Waals surface area contributed by atoms with E-state index in [0.717, 1.165) is 22.5 Å². The number of nitrogens with one attached hydrogen (secondary N) is 1. The summed E-state index contributed by atoms with van der Waals surface area (Å²) in [5.74, 6) is 0.116. The van der Waals surface area contributed by atoms with E-state index in [1.165, 1.54) is 14.0 Å². The normalized spacial score (nSPS) is 11.0. The molecule has 4 aromatic rings. The van der Waals surface area contributed by atoms with Crippen LogP contribution in [0.15, 0.2) is 59.4 Å². The maximum Gasteiger partial charge on any atom is 0.353 e. The fourth-order valence-corrected chi connectivity index (χ4v) is 3.55. The van der Waals surface area contributed by atoms with Gasteiger partial charge < -0.3 is 10.2 Å². The quantitative estimate of drug-likeness (QED) is 0.540.